The minimum absolute atomic E-state index is 1.08. The predicted molar refractivity (Wildman–Crippen MR) is 55.9 cm³/mol. The van der Waals surface area contributed by atoms with Crippen molar-refractivity contribution in [3.63, 3.8) is 0 Å². The molecule has 0 aliphatic heterocycles. The predicted octanol–water partition coefficient (Wildman–Crippen LogP) is 0.168. The molecule has 0 radical (unpaired) electrons. The topological polar surface area (TPSA) is 0 Å². The molecule has 0 saturated carbocycles. The molecular weight excluding hydrogens is 143 g/mol. The molecule has 1 aromatic rings. The lowest BCUT2D eigenvalue weighted by atomic mass is 9.92. The van der Waals surface area contributed by atoms with E-state index in [0.29, 0.717) is 0 Å². The van der Waals surface area contributed by atoms with E-state index in [1.165, 1.54) is 15.9 Å². The smallest absolute Gasteiger partial charge is 0.106 e. The molecule has 0 spiro atoms. The van der Waals surface area contributed by atoms with Crippen molar-refractivity contribution in [2.75, 3.05) is 0 Å². The largest absolute Gasteiger partial charge is 0.134 e. The van der Waals surface area contributed by atoms with Gasteiger partial charge in [0, 0.05) is 0 Å². The molecule has 0 N–H and O–H groups in total. The Labute approximate surface area is 73.3 Å². The molecule has 0 atom stereocenters. The summed E-state index contributed by atoms with van der Waals surface area (Å²) in [7, 11) is 2.17. The van der Waals surface area contributed by atoms with Crippen molar-refractivity contribution >= 4 is 20.0 Å². The molecule has 1 aromatic carbocycles. The molecule has 0 aromatic heterocycles. The van der Waals surface area contributed by atoms with Crippen LogP contribution in [0, 0.1) is 0 Å². The van der Waals surface area contributed by atoms with Gasteiger partial charge in [0.05, 0.1) is 0 Å². The van der Waals surface area contributed by atoms with Crippen molar-refractivity contribution in [2.24, 2.45) is 0 Å². The van der Waals surface area contributed by atoms with Crippen LogP contribution < -0.4 is 10.4 Å². The molecule has 0 nitrogen and oxygen atoms in total. The van der Waals surface area contributed by atoms with Gasteiger partial charge in [-0.3, -0.25) is 0 Å². The van der Waals surface area contributed by atoms with E-state index in [0.717, 1.165) is 6.42 Å². The van der Waals surface area contributed by atoms with Crippen molar-refractivity contribution < 1.29 is 0 Å². The zero-order valence-electron chi connectivity index (χ0n) is 7.25. The van der Waals surface area contributed by atoms with E-state index in [1.54, 1.807) is 0 Å². The average molecular weight is 154 g/mol. The normalized spacial score (nSPS) is 14.8. The van der Waals surface area contributed by atoms with Gasteiger partial charge in [-0.2, -0.15) is 0 Å². The van der Waals surface area contributed by atoms with Gasteiger partial charge >= 0.3 is 0 Å². The van der Waals surface area contributed by atoms with Gasteiger partial charge in [-0.05, 0) is 16.9 Å². The lowest BCUT2D eigenvalue weighted by Crippen LogP contribution is -2.22. The number of rotatable bonds is 0. The van der Waals surface area contributed by atoms with Gasteiger partial charge in [-0.25, -0.2) is 0 Å². The van der Waals surface area contributed by atoms with Crippen LogP contribution in [0.25, 0.3) is 12.2 Å². The molecule has 0 unspecified atom stereocenters. The Balaban J connectivity index is 2.72. The summed E-state index contributed by atoms with van der Waals surface area (Å²) in [6, 6.07) is 8.49. The number of allylic oxidation sites excluding steroid dienone is 2. The zero-order chi connectivity index (χ0) is 8.39. The van der Waals surface area contributed by atoms with E-state index in [1.807, 2.05) is 0 Å². The molecule has 58 valence electrons. The molecule has 0 saturated heterocycles. The van der Waals surface area contributed by atoms with Crippen LogP contribution in [-0.4, -0.2) is 7.85 Å². The second-order valence-electron chi connectivity index (χ2n) is 3.22. The van der Waals surface area contributed by atoms with Gasteiger partial charge in [0.15, 0.2) is 0 Å². The third-order valence-corrected chi connectivity index (χ3v) is 2.19. The van der Waals surface area contributed by atoms with E-state index in [9.17, 15) is 0 Å². The lowest BCUT2D eigenvalue weighted by Gasteiger charge is -1.88. The zero-order valence-corrected chi connectivity index (χ0v) is 7.25. The van der Waals surface area contributed by atoms with Gasteiger partial charge in [-0.15, -0.1) is 5.47 Å². The molecule has 0 bridgehead atoms. The Bertz CT molecular complexity index is 427. The number of hydrogen-bond acceptors (Lipinski definition) is 0. The van der Waals surface area contributed by atoms with Crippen molar-refractivity contribution in [1.29, 1.82) is 0 Å². The first kappa shape index (κ1) is 7.42. The summed E-state index contributed by atoms with van der Waals surface area (Å²) in [5, 5.41) is 2.68. The third kappa shape index (κ3) is 1.35. The van der Waals surface area contributed by atoms with Crippen molar-refractivity contribution in [3.8, 4) is 0 Å². The Morgan fingerprint density at radius 1 is 1.00 bits per heavy atom. The molecule has 1 aliphatic rings. The summed E-state index contributed by atoms with van der Waals surface area (Å²) in [6.07, 6.45) is 7.74. The van der Waals surface area contributed by atoms with E-state index in [2.05, 4.69) is 50.3 Å². The quantitative estimate of drug-likeness (QED) is 0.467. The van der Waals surface area contributed by atoms with E-state index in [-0.39, 0.29) is 0 Å². The molecular formula is C11H11B. The summed E-state index contributed by atoms with van der Waals surface area (Å²) in [6.45, 7) is 0. The first-order valence-electron chi connectivity index (χ1n) is 4.29. The molecule has 0 amide bonds. The van der Waals surface area contributed by atoms with Crippen LogP contribution in [-0.2, 0) is 0 Å². The molecule has 1 heteroatoms. The van der Waals surface area contributed by atoms with Crippen molar-refractivity contribution in [3.05, 3.63) is 46.3 Å². The van der Waals surface area contributed by atoms with E-state index >= 15 is 0 Å². The maximum absolute atomic E-state index is 2.28. The maximum Gasteiger partial charge on any atom is 0.134 e. The average Bonchev–Trinajstić information content (AvgIpc) is 2.29. The lowest BCUT2D eigenvalue weighted by molar-refractivity contribution is 1.42. The van der Waals surface area contributed by atoms with Crippen LogP contribution in [0.1, 0.15) is 6.42 Å². The van der Waals surface area contributed by atoms with Gasteiger partial charge in [0.1, 0.15) is 7.85 Å². The van der Waals surface area contributed by atoms with Crippen LogP contribution in [0.5, 0.6) is 0 Å². The first-order valence-corrected chi connectivity index (χ1v) is 4.29. The second kappa shape index (κ2) is 3.02. The standard InChI is InChI=1S/C11H11B/c12-11-7-5-9-3-1-2-4-10(9)6-8-11/h1-7H,8,12H2. The fourth-order valence-electron chi connectivity index (χ4n) is 1.42. The van der Waals surface area contributed by atoms with Gasteiger partial charge < -0.3 is 0 Å². The highest BCUT2D eigenvalue weighted by Gasteiger charge is 1.90. The van der Waals surface area contributed by atoms with Gasteiger partial charge in [0.2, 0.25) is 0 Å². The molecule has 12 heavy (non-hydrogen) atoms. The highest BCUT2D eigenvalue weighted by Crippen LogP contribution is 1.98. The van der Waals surface area contributed by atoms with E-state index in [4.69, 9.17) is 0 Å². The molecule has 0 fully saturated rings. The Kier molecular flexibility index (Phi) is 1.87. The van der Waals surface area contributed by atoms with Crippen LogP contribution in [0.4, 0.5) is 0 Å². The fourth-order valence-corrected chi connectivity index (χ4v) is 1.42. The maximum atomic E-state index is 2.28. The Hall–Kier alpha value is -1.24. The van der Waals surface area contributed by atoms with Crippen LogP contribution in [0.3, 0.4) is 0 Å². The Morgan fingerprint density at radius 3 is 2.58 bits per heavy atom. The van der Waals surface area contributed by atoms with Crippen LogP contribution >= 0.6 is 0 Å². The minimum Gasteiger partial charge on any atom is -0.106 e. The molecule has 1 aliphatic carbocycles. The summed E-state index contributed by atoms with van der Waals surface area (Å²) in [5.74, 6) is 0. The molecule has 0 heterocycles. The van der Waals surface area contributed by atoms with Crippen molar-refractivity contribution in [1.82, 2.24) is 0 Å². The van der Waals surface area contributed by atoms with Crippen LogP contribution in [0.15, 0.2) is 35.8 Å². The number of benzene rings is 1. The summed E-state index contributed by atoms with van der Waals surface area (Å²) in [5.41, 5.74) is 1.42. The highest BCUT2D eigenvalue weighted by molar-refractivity contribution is 6.22. The van der Waals surface area contributed by atoms with Gasteiger partial charge in [-0.1, -0.05) is 42.5 Å². The monoisotopic (exact) mass is 154 g/mol. The number of hydrogen-bond donors (Lipinski definition) is 0. The second-order valence-corrected chi connectivity index (χ2v) is 3.22. The minimum atomic E-state index is 1.08. The first-order chi connectivity index (χ1) is 5.86. The highest BCUT2D eigenvalue weighted by atomic mass is 13.9. The summed E-state index contributed by atoms with van der Waals surface area (Å²) in [4.78, 5) is 0. The molecule has 2 rings (SSSR count). The van der Waals surface area contributed by atoms with Crippen molar-refractivity contribution in [2.45, 2.75) is 6.42 Å². The number of fused-ring (bicyclic) bond motifs is 1. The van der Waals surface area contributed by atoms with Gasteiger partial charge in [0.25, 0.3) is 0 Å². The Morgan fingerprint density at radius 2 is 1.75 bits per heavy atom. The van der Waals surface area contributed by atoms with E-state index < -0.39 is 0 Å². The third-order valence-electron chi connectivity index (χ3n) is 2.19. The summed E-state index contributed by atoms with van der Waals surface area (Å²) >= 11 is 0. The fraction of sp³-hybridized carbons (Fsp3) is 0.0909. The SMILES string of the molecule is BC1=CC=c2ccccc2=CC1. The van der Waals surface area contributed by atoms with Crippen LogP contribution in [0.2, 0.25) is 0 Å². The summed E-state index contributed by atoms with van der Waals surface area (Å²) < 4.78 is 0.